The van der Waals surface area contributed by atoms with Crippen LogP contribution in [0.5, 0.6) is 5.75 Å². The van der Waals surface area contributed by atoms with E-state index in [1.54, 1.807) is 0 Å². The Morgan fingerprint density at radius 3 is 2.42 bits per heavy atom. The van der Waals surface area contributed by atoms with Crippen LogP contribution in [0, 0.1) is 12.8 Å². The number of ether oxygens (including phenoxy) is 1. The lowest BCUT2D eigenvalue weighted by Crippen LogP contribution is -2.29. The zero-order valence-corrected chi connectivity index (χ0v) is 23.7. The minimum absolute atomic E-state index is 0.103. The highest BCUT2D eigenvalue weighted by molar-refractivity contribution is 6.09. The number of hydrogen-bond donors (Lipinski definition) is 2. The molecule has 5 nitrogen and oxygen atoms in total. The lowest BCUT2D eigenvalue weighted by Gasteiger charge is -2.37. The van der Waals surface area contributed by atoms with Crippen LogP contribution in [0.1, 0.15) is 105 Å². The summed E-state index contributed by atoms with van der Waals surface area (Å²) in [6, 6.07) is 10.4. The number of carboxylic acid groups (broad SMARTS) is 1. The van der Waals surface area contributed by atoms with E-state index in [1.165, 1.54) is 0 Å². The van der Waals surface area contributed by atoms with Gasteiger partial charge in [-0.15, -0.1) is 0 Å². The van der Waals surface area contributed by atoms with Gasteiger partial charge in [0.05, 0.1) is 11.3 Å². The Bertz CT molecular complexity index is 1280. The number of aryl methyl sites for hydroxylation is 1. The van der Waals surface area contributed by atoms with E-state index in [0.717, 1.165) is 83.0 Å². The van der Waals surface area contributed by atoms with Gasteiger partial charge in [0.2, 0.25) is 0 Å². The summed E-state index contributed by atoms with van der Waals surface area (Å²) < 4.78 is 6.53. The first kappa shape index (κ1) is 27.7. The first-order chi connectivity index (χ1) is 18.3. The number of hydrogen-bond acceptors (Lipinski definition) is 4. The number of aliphatic imine (C=N–C) groups is 1. The third kappa shape index (κ3) is 5.43. The van der Waals surface area contributed by atoms with Crippen molar-refractivity contribution in [3.8, 4) is 5.75 Å². The summed E-state index contributed by atoms with van der Waals surface area (Å²) in [7, 11) is 0. The van der Waals surface area contributed by atoms with E-state index in [2.05, 4.69) is 75.3 Å². The second-order valence-electron chi connectivity index (χ2n) is 10.5. The molecule has 0 spiro atoms. The number of nitrogens with zero attached hydrogens (tertiary/aromatic N) is 1. The van der Waals surface area contributed by atoms with Crippen LogP contribution in [-0.4, -0.2) is 29.9 Å². The number of anilines is 1. The van der Waals surface area contributed by atoms with Gasteiger partial charge in [0.25, 0.3) is 0 Å². The second-order valence-corrected chi connectivity index (χ2v) is 10.5. The van der Waals surface area contributed by atoms with Crippen LogP contribution < -0.4 is 10.1 Å². The second kappa shape index (κ2) is 12.0. The Hall–Kier alpha value is -3.34. The lowest BCUT2D eigenvalue weighted by molar-refractivity contribution is 0.0694. The van der Waals surface area contributed by atoms with Crippen LogP contribution in [0.15, 0.2) is 58.8 Å². The average molecular weight is 515 g/mol. The molecule has 0 bridgehead atoms. The molecular formula is C33H42N2O3. The van der Waals surface area contributed by atoms with Crippen molar-refractivity contribution < 1.29 is 14.6 Å². The topological polar surface area (TPSA) is 70.9 Å². The predicted octanol–water partition coefficient (Wildman–Crippen LogP) is 8.25. The van der Waals surface area contributed by atoms with Gasteiger partial charge in [-0.05, 0) is 80.9 Å². The average Bonchev–Trinajstić information content (AvgIpc) is 2.89. The lowest BCUT2D eigenvalue weighted by atomic mass is 9.72. The fourth-order valence-corrected chi connectivity index (χ4v) is 6.04. The normalized spacial score (nSPS) is 19.4. The fraction of sp³-hybridized carbons (Fsp3) is 0.455. The van der Waals surface area contributed by atoms with Crippen LogP contribution in [-0.2, 0) is 0 Å². The Morgan fingerprint density at radius 1 is 1.05 bits per heavy atom. The fourth-order valence-electron chi connectivity index (χ4n) is 6.04. The van der Waals surface area contributed by atoms with E-state index >= 15 is 0 Å². The number of carboxylic acids is 1. The third-order valence-corrected chi connectivity index (χ3v) is 7.80. The molecule has 38 heavy (non-hydrogen) atoms. The zero-order chi connectivity index (χ0) is 27.4. The van der Waals surface area contributed by atoms with E-state index in [9.17, 15) is 9.90 Å². The van der Waals surface area contributed by atoms with E-state index in [0.29, 0.717) is 18.0 Å². The standard InChI is InChI=1S/C33H42N2O3/c1-7-11-22(12-8-2)23-13-14-24(25(17-23)33(36)37)32-26-15-20(5)28(34-9-3)18-30(26)38-31-19-29(35-10-4)21(6)16-27(31)32/h13-19,22,26,32,35H,7-12H2,1-6H3,(H,36,37). The largest absolute Gasteiger partial charge is 0.478 e. The SMILES string of the molecule is CCCC(CCC)c1ccc(C2c3cc(C)c(NCC)cc3OC3=CC(=NCC)C(C)=CC32)c(C(=O)O)c1. The van der Waals surface area contributed by atoms with Gasteiger partial charge in [-0.25, -0.2) is 4.79 Å². The van der Waals surface area contributed by atoms with E-state index < -0.39 is 5.97 Å². The molecule has 2 aliphatic rings. The predicted molar refractivity (Wildman–Crippen MR) is 157 cm³/mol. The number of aromatic carboxylic acids is 1. The molecule has 2 aromatic rings. The van der Waals surface area contributed by atoms with Gasteiger partial charge in [0.15, 0.2) is 0 Å². The number of nitrogens with one attached hydrogen (secondary N) is 1. The monoisotopic (exact) mass is 514 g/mol. The molecule has 0 saturated carbocycles. The van der Waals surface area contributed by atoms with Crippen molar-refractivity contribution in [3.05, 3.63) is 81.6 Å². The molecule has 1 aliphatic heterocycles. The van der Waals surface area contributed by atoms with Gasteiger partial charge >= 0.3 is 5.97 Å². The molecule has 0 saturated heterocycles. The quantitative estimate of drug-likeness (QED) is 0.335. The molecule has 2 aromatic carbocycles. The Morgan fingerprint density at radius 2 is 1.79 bits per heavy atom. The van der Waals surface area contributed by atoms with Crippen molar-refractivity contribution >= 4 is 17.4 Å². The van der Waals surface area contributed by atoms with Crippen molar-refractivity contribution in [1.29, 1.82) is 0 Å². The van der Waals surface area contributed by atoms with Crippen molar-refractivity contribution in [3.63, 3.8) is 0 Å². The van der Waals surface area contributed by atoms with Crippen molar-refractivity contribution in [2.75, 3.05) is 18.4 Å². The molecule has 0 aromatic heterocycles. The van der Waals surface area contributed by atoms with Gasteiger partial charge < -0.3 is 15.2 Å². The molecule has 2 unspecified atom stereocenters. The highest BCUT2D eigenvalue weighted by Crippen LogP contribution is 2.50. The maximum atomic E-state index is 12.7. The summed E-state index contributed by atoms with van der Waals surface area (Å²) in [4.78, 5) is 17.4. The van der Waals surface area contributed by atoms with Gasteiger partial charge in [0.1, 0.15) is 11.5 Å². The molecule has 1 heterocycles. The van der Waals surface area contributed by atoms with Crippen LogP contribution in [0.2, 0.25) is 0 Å². The number of benzene rings is 2. The first-order valence-corrected chi connectivity index (χ1v) is 14.2. The molecular weight excluding hydrogens is 472 g/mol. The van der Waals surface area contributed by atoms with Crippen LogP contribution in [0.25, 0.3) is 0 Å². The highest BCUT2D eigenvalue weighted by Gasteiger charge is 2.39. The summed E-state index contributed by atoms with van der Waals surface area (Å²) in [5, 5.41) is 13.9. The summed E-state index contributed by atoms with van der Waals surface area (Å²) in [5.74, 6) is 0.823. The van der Waals surface area contributed by atoms with Gasteiger partial charge in [-0.2, -0.15) is 0 Å². The molecule has 2 atom stereocenters. The molecule has 5 heteroatoms. The third-order valence-electron chi connectivity index (χ3n) is 7.80. The summed E-state index contributed by atoms with van der Waals surface area (Å²) in [5.41, 5.74) is 7.56. The Balaban J connectivity index is 1.93. The molecule has 202 valence electrons. The van der Waals surface area contributed by atoms with Crippen molar-refractivity contribution in [2.45, 2.75) is 79.1 Å². The minimum Gasteiger partial charge on any atom is -0.478 e. The molecule has 2 N–H and O–H groups in total. The number of fused-ring (bicyclic) bond motifs is 2. The number of carbonyl (C=O) groups is 1. The smallest absolute Gasteiger partial charge is 0.335 e. The molecule has 4 rings (SSSR count). The summed E-state index contributed by atoms with van der Waals surface area (Å²) in [6.45, 7) is 14.2. The Kier molecular flexibility index (Phi) is 8.76. The number of rotatable bonds is 10. The molecule has 0 fully saturated rings. The van der Waals surface area contributed by atoms with E-state index in [4.69, 9.17) is 4.74 Å². The summed E-state index contributed by atoms with van der Waals surface area (Å²) in [6.07, 6.45) is 8.54. The van der Waals surface area contributed by atoms with E-state index in [-0.39, 0.29) is 11.8 Å². The summed E-state index contributed by atoms with van der Waals surface area (Å²) >= 11 is 0. The van der Waals surface area contributed by atoms with Crippen molar-refractivity contribution in [2.24, 2.45) is 10.9 Å². The van der Waals surface area contributed by atoms with Crippen LogP contribution in [0.3, 0.4) is 0 Å². The highest BCUT2D eigenvalue weighted by atomic mass is 16.5. The maximum Gasteiger partial charge on any atom is 0.335 e. The van der Waals surface area contributed by atoms with Crippen LogP contribution in [0.4, 0.5) is 5.69 Å². The van der Waals surface area contributed by atoms with E-state index in [1.807, 2.05) is 19.1 Å². The molecule has 1 aliphatic carbocycles. The molecule has 0 radical (unpaired) electrons. The Labute approximate surface area is 227 Å². The zero-order valence-electron chi connectivity index (χ0n) is 23.7. The van der Waals surface area contributed by atoms with Gasteiger partial charge in [0, 0.05) is 48.3 Å². The first-order valence-electron chi connectivity index (χ1n) is 14.2. The maximum absolute atomic E-state index is 12.7. The molecule has 0 amide bonds. The number of allylic oxidation sites excluding steroid dienone is 3. The van der Waals surface area contributed by atoms with Crippen LogP contribution >= 0.6 is 0 Å². The minimum atomic E-state index is -0.877. The van der Waals surface area contributed by atoms with Gasteiger partial charge in [-0.3, -0.25) is 4.99 Å². The van der Waals surface area contributed by atoms with Crippen molar-refractivity contribution in [1.82, 2.24) is 0 Å². The van der Waals surface area contributed by atoms with Gasteiger partial charge in [-0.1, -0.05) is 44.9 Å².